The zero-order chi connectivity index (χ0) is 16.2. The van der Waals surface area contributed by atoms with Crippen LogP contribution in [0.15, 0.2) is 18.2 Å². The van der Waals surface area contributed by atoms with Crippen molar-refractivity contribution in [3.8, 4) is 5.75 Å². The Hall–Kier alpha value is -2.04. The van der Waals surface area contributed by atoms with Gasteiger partial charge in [-0.2, -0.15) is 0 Å². The summed E-state index contributed by atoms with van der Waals surface area (Å²) in [6.45, 7) is 1.57. The van der Waals surface area contributed by atoms with Gasteiger partial charge in [0.05, 0.1) is 6.54 Å². The van der Waals surface area contributed by atoms with Gasteiger partial charge in [-0.1, -0.05) is 6.07 Å². The zero-order valence-corrected chi connectivity index (χ0v) is 13.6. The monoisotopic (exact) mass is 316 g/mol. The summed E-state index contributed by atoms with van der Waals surface area (Å²) in [6, 6.07) is 6.25. The molecule has 23 heavy (non-hydrogen) atoms. The molecule has 1 heterocycles. The van der Waals surface area contributed by atoms with Crippen molar-refractivity contribution in [2.75, 3.05) is 26.7 Å². The summed E-state index contributed by atoms with van der Waals surface area (Å²) in [5, 5.41) is 2.88. The smallest absolute Gasteiger partial charge is 0.223 e. The van der Waals surface area contributed by atoms with Crippen LogP contribution in [-0.2, 0) is 22.4 Å². The fourth-order valence-electron chi connectivity index (χ4n) is 3.29. The lowest BCUT2D eigenvalue weighted by Crippen LogP contribution is -2.42. The molecule has 1 unspecified atom stereocenters. The van der Waals surface area contributed by atoms with Crippen molar-refractivity contribution in [3.05, 3.63) is 29.3 Å². The molecule has 0 saturated carbocycles. The van der Waals surface area contributed by atoms with Crippen molar-refractivity contribution in [2.45, 2.75) is 32.1 Å². The van der Waals surface area contributed by atoms with Gasteiger partial charge < -0.3 is 15.0 Å². The van der Waals surface area contributed by atoms with Crippen LogP contribution in [0, 0.1) is 5.92 Å². The maximum Gasteiger partial charge on any atom is 0.223 e. The Bertz CT molecular complexity index is 600. The van der Waals surface area contributed by atoms with Gasteiger partial charge in [0.15, 0.2) is 0 Å². The molecule has 1 aliphatic carbocycles. The molecule has 1 fully saturated rings. The number of nitrogens with one attached hydrogen (secondary N) is 1. The molecule has 1 aliphatic heterocycles. The van der Waals surface area contributed by atoms with Crippen LogP contribution < -0.4 is 10.1 Å². The molecule has 5 heteroatoms. The summed E-state index contributed by atoms with van der Waals surface area (Å²) in [6.07, 6.45) is 4.58. The van der Waals surface area contributed by atoms with Crippen LogP contribution in [0.1, 0.15) is 30.4 Å². The summed E-state index contributed by atoms with van der Waals surface area (Å²) < 4.78 is 5.72. The van der Waals surface area contributed by atoms with Gasteiger partial charge in [-0.05, 0) is 48.9 Å². The van der Waals surface area contributed by atoms with E-state index in [0.717, 1.165) is 18.6 Å². The molecular formula is C18H24N2O3. The molecule has 2 aliphatic rings. The summed E-state index contributed by atoms with van der Waals surface area (Å²) in [7, 11) is 1.78. The first kappa shape index (κ1) is 15.8. The minimum absolute atomic E-state index is 0.0380. The van der Waals surface area contributed by atoms with Gasteiger partial charge in [0.1, 0.15) is 12.4 Å². The normalized spacial score (nSPS) is 20.3. The van der Waals surface area contributed by atoms with Crippen molar-refractivity contribution in [3.63, 3.8) is 0 Å². The third-order valence-electron chi connectivity index (χ3n) is 4.77. The van der Waals surface area contributed by atoms with Crippen molar-refractivity contribution in [2.24, 2.45) is 5.92 Å². The van der Waals surface area contributed by atoms with Crippen molar-refractivity contribution in [1.82, 2.24) is 10.2 Å². The summed E-state index contributed by atoms with van der Waals surface area (Å²) >= 11 is 0. The summed E-state index contributed by atoms with van der Waals surface area (Å²) in [5.74, 6) is 0.683. The van der Waals surface area contributed by atoms with Gasteiger partial charge in [-0.15, -0.1) is 0 Å². The second kappa shape index (κ2) is 7.02. The van der Waals surface area contributed by atoms with E-state index in [1.54, 1.807) is 11.9 Å². The molecule has 5 nitrogen and oxygen atoms in total. The van der Waals surface area contributed by atoms with Gasteiger partial charge in [-0.3, -0.25) is 9.59 Å². The lowest BCUT2D eigenvalue weighted by atomic mass is 9.96. The number of hydrogen-bond donors (Lipinski definition) is 1. The molecule has 1 aromatic rings. The number of piperidine rings is 1. The minimum atomic E-state index is -0.196. The molecule has 3 rings (SSSR count). The predicted molar refractivity (Wildman–Crippen MR) is 87.3 cm³/mol. The Labute approximate surface area is 137 Å². The molecule has 2 amide bonds. The molecule has 0 bridgehead atoms. The zero-order valence-electron chi connectivity index (χ0n) is 13.6. The number of hydrogen-bond acceptors (Lipinski definition) is 3. The maximum absolute atomic E-state index is 12.1. The van der Waals surface area contributed by atoms with E-state index in [2.05, 4.69) is 17.4 Å². The van der Waals surface area contributed by atoms with E-state index >= 15 is 0 Å². The van der Waals surface area contributed by atoms with E-state index < -0.39 is 0 Å². The Kier molecular flexibility index (Phi) is 4.84. The van der Waals surface area contributed by atoms with Gasteiger partial charge in [0, 0.05) is 25.9 Å². The highest BCUT2D eigenvalue weighted by Crippen LogP contribution is 2.25. The van der Waals surface area contributed by atoms with E-state index in [1.165, 1.54) is 24.0 Å². The second-order valence-corrected chi connectivity index (χ2v) is 6.43. The van der Waals surface area contributed by atoms with Gasteiger partial charge in [0.2, 0.25) is 11.8 Å². The molecule has 1 atom stereocenters. The van der Waals surface area contributed by atoms with Crippen molar-refractivity contribution in [1.29, 1.82) is 0 Å². The highest BCUT2D eigenvalue weighted by Gasteiger charge is 2.28. The largest absolute Gasteiger partial charge is 0.492 e. The quantitative estimate of drug-likeness (QED) is 0.838. The van der Waals surface area contributed by atoms with Crippen molar-refractivity contribution < 1.29 is 14.3 Å². The Morgan fingerprint density at radius 1 is 1.35 bits per heavy atom. The Balaban J connectivity index is 1.39. The average molecular weight is 316 g/mol. The van der Waals surface area contributed by atoms with Crippen LogP contribution in [0.3, 0.4) is 0 Å². The molecule has 0 spiro atoms. The van der Waals surface area contributed by atoms with Crippen LogP contribution in [0.2, 0.25) is 0 Å². The first-order chi connectivity index (χ1) is 11.1. The molecule has 1 N–H and O–H groups in total. The number of rotatable bonds is 5. The number of fused-ring (bicyclic) bond motifs is 1. The molecule has 0 aromatic heterocycles. The third-order valence-corrected chi connectivity index (χ3v) is 4.77. The fraction of sp³-hybridized carbons (Fsp3) is 0.556. The standard InChI is InChI=1S/C18H24N2O3/c1-20-9-7-15(12-17(20)21)18(22)19-8-10-23-16-6-5-13-3-2-4-14(13)11-16/h5-6,11,15H,2-4,7-10,12H2,1H3,(H,19,22). The maximum atomic E-state index is 12.1. The third kappa shape index (κ3) is 3.84. The summed E-state index contributed by atoms with van der Waals surface area (Å²) in [5.41, 5.74) is 2.81. The molecule has 1 saturated heterocycles. The fourth-order valence-corrected chi connectivity index (χ4v) is 3.29. The van der Waals surface area contributed by atoms with E-state index in [-0.39, 0.29) is 17.7 Å². The number of aryl methyl sites for hydroxylation is 2. The predicted octanol–water partition coefficient (Wildman–Crippen LogP) is 1.54. The van der Waals surface area contributed by atoms with Gasteiger partial charge >= 0.3 is 0 Å². The average Bonchev–Trinajstić information content (AvgIpc) is 3.01. The topological polar surface area (TPSA) is 58.6 Å². The summed E-state index contributed by atoms with van der Waals surface area (Å²) in [4.78, 5) is 25.4. The number of benzene rings is 1. The molecule has 1 aromatic carbocycles. The van der Waals surface area contributed by atoms with Crippen LogP contribution in [0.25, 0.3) is 0 Å². The SMILES string of the molecule is CN1CCC(C(=O)NCCOc2ccc3c(c2)CCC3)CC1=O. The van der Waals surface area contributed by atoms with Gasteiger partial charge in [-0.25, -0.2) is 0 Å². The van der Waals surface area contributed by atoms with E-state index in [9.17, 15) is 9.59 Å². The van der Waals surface area contributed by atoms with E-state index in [4.69, 9.17) is 4.74 Å². The van der Waals surface area contributed by atoms with Crippen LogP contribution in [0.4, 0.5) is 0 Å². The number of nitrogens with zero attached hydrogens (tertiary/aromatic N) is 1. The number of ether oxygens (including phenoxy) is 1. The molecular weight excluding hydrogens is 292 g/mol. The molecule has 124 valence electrons. The van der Waals surface area contributed by atoms with Gasteiger partial charge in [0.25, 0.3) is 0 Å². The van der Waals surface area contributed by atoms with E-state index in [0.29, 0.717) is 26.1 Å². The molecule has 0 radical (unpaired) electrons. The Morgan fingerprint density at radius 2 is 2.17 bits per heavy atom. The highest BCUT2D eigenvalue weighted by atomic mass is 16.5. The number of carbonyl (C=O) groups is 2. The number of amides is 2. The number of likely N-dealkylation sites (tertiary alicyclic amines) is 1. The van der Waals surface area contributed by atoms with Crippen LogP contribution in [0.5, 0.6) is 5.75 Å². The van der Waals surface area contributed by atoms with Crippen LogP contribution >= 0.6 is 0 Å². The lowest BCUT2D eigenvalue weighted by molar-refractivity contribution is -0.139. The van der Waals surface area contributed by atoms with Crippen LogP contribution in [-0.4, -0.2) is 43.5 Å². The van der Waals surface area contributed by atoms with Crippen molar-refractivity contribution >= 4 is 11.8 Å². The van der Waals surface area contributed by atoms with E-state index in [1.807, 2.05) is 6.07 Å². The highest BCUT2D eigenvalue weighted by molar-refractivity contribution is 5.86. The number of carbonyl (C=O) groups excluding carboxylic acids is 2. The lowest BCUT2D eigenvalue weighted by Gasteiger charge is -2.27. The second-order valence-electron chi connectivity index (χ2n) is 6.43. The first-order valence-corrected chi connectivity index (χ1v) is 8.40. The minimum Gasteiger partial charge on any atom is -0.492 e. The Morgan fingerprint density at radius 3 is 3.00 bits per heavy atom. The first-order valence-electron chi connectivity index (χ1n) is 8.40.